The van der Waals surface area contributed by atoms with E-state index in [4.69, 9.17) is 20.8 Å². The molecule has 34 heavy (non-hydrogen) atoms. The highest BCUT2D eigenvalue weighted by Gasteiger charge is 2.19. The van der Waals surface area contributed by atoms with Crippen molar-refractivity contribution in [2.24, 2.45) is 0 Å². The van der Waals surface area contributed by atoms with E-state index in [0.29, 0.717) is 28.2 Å². The maximum atomic E-state index is 12.3. The molecule has 4 rings (SSSR count). The topological polar surface area (TPSA) is 111 Å². The van der Waals surface area contributed by atoms with Gasteiger partial charge in [-0.25, -0.2) is 0 Å². The first-order chi connectivity index (χ1) is 16.6. The third-order valence-electron chi connectivity index (χ3n) is 4.55. The van der Waals surface area contributed by atoms with Gasteiger partial charge in [0.15, 0.2) is 16.7 Å². The van der Waals surface area contributed by atoms with Crippen LogP contribution in [0.2, 0.25) is 5.02 Å². The zero-order chi connectivity index (χ0) is 23.9. The quantitative estimate of drug-likeness (QED) is 0.278. The molecule has 11 heteroatoms. The summed E-state index contributed by atoms with van der Waals surface area (Å²) in [6, 6.07) is 17.8. The predicted molar refractivity (Wildman–Crippen MR) is 128 cm³/mol. The lowest BCUT2D eigenvalue weighted by atomic mass is 10.2. The number of nitrogens with zero attached hydrogens (tertiary/aromatic N) is 3. The normalized spacial score (nSPS) is 10.6. The van der Waals surface area contributed by atoms with Gasteiger partial charge in [0.25, 0.3) is 0 Å². The first kappa shape index (κ1) is 23.4. The number of nitrogens with one attached hydrogen (secondary N) is 2. The summed E-state index contributed by atoms with van der Waals surface area (Å²) in [6.07, 6.45) is 1.37. The summed E-state index contributed by atoms with van der Waals surface area (Å²) in [5, 5.41) is 9.61. The smallest absolute Gasteiger partial charge is 0.305 e. The molecule has 0 spiro atoms. The molecule has 2 amide bonds. The second-order valence-corrected chi connectivity index (χ2v) is 8.17. The molecule has 0 aliphatic heterocycles. The van der Waals surface area contributed by atoms with Crippen molar-refractivity contribution in [1.82, 2.24) is 25.6 Å². The zero-order valence-corrected chi connectivity index (χ0v) is 19.6. The Morgan fingerprint density at radius 3 is 2.56 bits per heavy atom. The van der Waals surface area contributed by atoms with Crippen molar-refractivity contribution >= 4 is 35.2 Å². The van der Waals surface area contributed by atoms with Crippen LogP contribution in [0.1, 0.15) is 17.5 Å². The molecule has 0 unspecified atom stereocenters. The third kappa shape index (κ3) is 5.41. The second kappa shape index (κ2) is 10.9. The lowest BCUT2D eigenvalue weighted by molar-refractivity contribution is -0.119. The molecule has 0 atom stereocenters. The van der Waals surface area contributed by atoms with E-state index in [9.17, 15) is 9.59 Å². The van der Waals surface area contributed by atoms with E-state index in [-0.39, 0.29) is 11.5 Å². The van der Waals surface area contributed by atoms with Gasteiger partial charge in [0, 0.05) is 11.3 Å². The Hall–Kier alpha value is -3.76. The first-order valence-corrected chi connectivity index (χ1v) is 11.6. The number of rotatable bonds is 8. The average Bonchev–Trinajstić information content (AvgIpc) is 3.53. The number of benzene rings is 2. The molecular formula is C23H20ClN5O4S. The van der Waals surface area contributed by atoms with E-state index >= 15 is 0 Å². The van der Waals surface area contributed by atoms with Crippen LogP contribution in [0.25, 0.3) is 17.1 Å². The highest BCUT2D eigenvalue weighted by atomic mass is 35.5. The highest BCUT2D eigenvalue weighted by Crippen LogP contribution is 2.32. The molecular weight excluding hydrogens is 478 g/mol. The van der Waals surface area contributed by atoms with Crippen molar-refractivity contribution in [2.45, 2.75) is 12.1 Å². The summed E-state index contributed by atoms with van der Waals surface area (Å²) in [4.78, 5) is 24.2. The van der Waals surface area contributed by atoms with E-state index < -0.39 is 11.8 Å². The summed E-state index contributed by atoms with van der Waals surface area (Å²) < 4.78 is 12.3. The van der Waals surface area contributed by atoms with Crippen LogP contribution in [0.5, 0.6) is 5.75 Å². The number of hydrogen-bond donors (Lipinski definition) is 2. The summed E-state index contributed by atoms with van der Waals surface area (Å²) >= 11 is 7.58. The van der Waals surface area contributed by atoms with Gasteiger partial charge in [-0.3, -0.25) is 25.0 Å². The Balaban J connectivity index is 1.54. The lowest BCUT2D eigenvalue weighted by Gasteiger charge is -2.12. The van der Waals surface area contributed by atoms with Crippen molar-refractivity contribution in [3.63, 3.8) is 0 Å². The maximum Gasteiger partial charge on any atom is 0.305 e. The number of halogens is 1. The van der Waals surface area contributed by atoms with Crippen molar-refractivity contribution in [1.29, 1.82) is 0 Å². The molecule has 0 radical (unpaired) electrons. The maximum absolute atomic E-state index is 12.3. The van der Waals surface area contributed by atoms with Gasteiger partial charge in [0.05, 0.1) is 23.6 Å². The van der Waals surface area contributed by atoms with Crippen LogP contribution >= 0.6 is 23.4 Å². The molecule has 0 saturated heterocycles. The number of ether oxygens (including phenoxy) is 1. The Kier molecular flexibility index (Phi) is 7.51. The molecule has 0 saturated carbocycles. The first-order valence-electron chi connectivity index (χ1n) is 10.3. The average molecular weight is 498 g/mol. The number of amides is 2. The lowest BCUT2D eigenvalue weighted by Crippen LogP contribution is -2.42. The van der Waals surface area contributed by atoms with Crippen LogP contribution in [0.15, 0.2) is 76.5 Å². The number of furan rings is 1. The third-order valence-corrected chi connectivity index (χ3v) is 5.81. The summed E-state index contributed by atoms with van der Waals surface area (Å²) in [6.45, 7) is 2.48. The number of thioether (sulfide) groups is 1. The van der Waals surface area contributed by atoms with Crippen molar-refractivity contribution < 1.29 is 18.7 Å². The van der Waals surface area contributed by atoms with Crippen LogP contribution in [0.3, 0.4) is 0 Å². The van der Waals surface area contributed by atoms with Gasteiger partial charge >= 0.3 is 5.91 Å². The van der Waals surface area contributed by atoms with Crippen molar-refractivity contribution in [3.8, 4) is 22.8 Å². The summed E-state index contributed by atoms with van der Waals surface area (Å²) in [5.41, 5.74) is 6.14. The van der Waals surface area contributed by atoms with E-state index in [2.05, 4.69) is 21.0 Å². The highest BCUT2D eigenvalue weighted by molar-refractivity contribution is 7.99. The Labute approximate surface area is 204 Å². The minimum absolute atomic E-state index is 0.0177. The van der Waals surface area contributed by atoms with Gasteiger partial charge in [0.1, 0.15) is 5.75 Å². The molecule has 0 fully saturated rings. The number of hydrogen-bond acceptors (Lipinski definition) is 7. The standard InChI is InChI=1S/C23H20ClN5O4S/c1-2-32-16-11-9-15(10-12-16)29-21(17-6-3-4-7-18(17)24)26-28-23(29)34-14-20(30)25-27-22(31)19-8-5-13-33-19/h3-13H,2,14H2,1H3,(H,25,30)(H,27,31). The monoisotopic (exact) mass is 497 g/mol. The predicted octanol–water partition coefficient (Wildman–Crippen LogP) is 4.13. The van der Waals surface area contributed by atoms with Gasteiger partial charge in [-0.1, -0.05) is 35.5 Å². The Bertz CT molecular complexity index is 1280. The second-order valence-electron chi connectivity index (χ2n) is 6.82. The molecule has 0 aliphatic carbocycles. The fraction of sp³-hybridized carbons (Fsp3) is 0.130. The van der Waals surface area contributed by atoms with Crippen LogP contribution in [-0.4, -0.2) is 38.9 Å². The zero-order valence-electron chi connectivity index (χ0n) is 18.0. The van der Waals surface area contributed by atoms with E-state index in [1.54, 1.807) is 12.1 Å². The number of carbonyl (C=O) groups excluding carboxylic acids is 2. The number of aromatic nitrogens is 3. The van der Waals surface area contributed by atoms with Gasteiger partial charge in [-0.2, -0.15) is 0 Å². The van der Waals surface area contributed by atoms with E-state index in [1.165, 1.54) is 12.3 Å². The minimum atomic E-state index is -0.554. The molecule has 2 N–H and O–H groups in total. The molecule has 9 nitrogen and oxygen atoms in total. The molecule has 2 aromatic carbocycles. The number of carbonyl (C=O) groups is 2. The minimum Gasteiger partial charge on any atom is -0.494 e. The summed E-state index contributed by atoms with van der Waals surface area (Å²) in [5.74, 6) is 0.360. The molecule has 174 valence electrons. The number of hydrazine groups is 1. The van der Waals surface area contributed by atoms with E-state index in [1.807, 2.05) is 54.0 Å². The molecule has 0 bridgehead atoms. The van der Waals surface area contributed by atoms with Gasteiger partial charge in [0.2, 0.25) is 5.91 Å². The molecule has 2 heterocycles. The van der Waals surface area contributed by atoms with Gasteiger partial charge in [-0.15, -0.1) is 10.2 Å². The van der Waals surface area contributed by atoms with Crippen molar-refractivity contribution in [3.05, 3.63) is 77.7 Å². The SMILES string of the molecule is CCOc1ccc(-n2c(SCC(=O)NNC(=O)c3ccco3)nnc2-c2ccccc2Cl)cc1. The molecule has 2 aromatic heterocycles. The molecule has 0 aliphatic rings. The van der Waals surface area contributed by atoms with Crippen molar-refractivity contribution in [2.75, 3.05) is 12.4 Å². The fourth-order valence-electron chi connectivity index (χ4n) is 3.03. The van der Waals surface area contributed by atoms with E-state index in [0.717, 1.165) is 23.2 Å². The summed E-state index contributed by atoms with van der Waals surface area (Å²) in [7, 11) is 0. The van der Waals surface area contributed by atoms with Gasteiger partial charge in [-0.05, 0) is 55.5 Å². The molecule has 4 aromatic rings. The fourth-order valence-corrected chi connectivity index (χ4v) is 4.01. The van der Waals surface area contributed by atoms with Crippen LogP contribution in [0.4, 0.5) is 0 Å². The Morgan fingerprint density at radius 2 is 1.85 bits per heavy atom. The van der Waals surface area contributed by atoms with Gasteiger partial charge < -0.3 is 9.15 Å². The Morgan fingerprint density at radius 1 is 1.06 bits per heavy atom. The van der Waals surface area contributed by atoms with Crippen LogP contribution in [-0.2, 0) is 4.79 Å². The van der Waals surface area contributed by atoms with Crippen LogP contribution < -0.4 is 15.6 Å². The largest absolute Gasteiger partial charge is 0.494 e. The van der Waals surface area contributed by atoms with Crippen LogP contribution in [0, 0.1) is 0 Å².